The van der Waals surface area contributed by atoms with Crippen molar-refractivity contribution in [3.8, 4) is 11.5 Å². The van der Waals surface area contributed by atoms with E-state index in [0.717, 1.165) is 81.7 Å². The number of rotatable bonds is 9. The van der Waals surface area contributed by atoms with Crippen LogP contribution < -0.4 is 14.8 Å². The largest absolute Gasteiger partial charge is 0.497 e. The van der Waals surface area contributed by atoms with Gasteiger partial charge in [-0.3, -0.25) is 14.6 Å². The molecule has 1 fully saturated rings. The van der Waals surface area contributed by atoms with Gasteiger partial charge in [0.05, 0.1) is 20.4 Å². The van der Waals surface area contributed by atoms with Crippen LogP contribution in [-0.2, 0) is 20.0 Å². The molecule has 1 aromatic heterocycles. The van der Waals surface area contributed by atoms with E-state index in [1.54, 1.807) is 14.2 Å². The summed E-state index contributed by atoms with van der Waals surface area (Å²) in [4.78, 5) is 9.69. The van der Waals surface area contributed by atoms with Gasteiger partial charge in [-0.1, -0.05) is 0 Å². The number of guanidine groups is 1. The van der Waals surface area contributed by atoms with Gasteiger partial charge in [0.15, 0.2) is 5.96 Å². The first-order valence-corrected chi connectivity index (χ1v) is 11.1. The number of nitrogens with one attached hydrogen (secondary N) is 1. The third-order valence-corrected chi connectivity index (χ3v) is 5.53. The molecule has 0 aliphatic carbocycles. The van der Waals surface area contributed by atoms with Crippen LogP contribution in [0.4, 0.5) is 0 Å². The Kier molecular flexibility index (Phi) is 11.1. The molecule has 0 unspecified atom stereocenters. The van der Waals surface area contributed by atoms with Crippen LogP contribution in [0.15, 0.2) is 35.6 Å². The van der Waals surface area contributed by atoms with Crippen molar-refractivity contribution in [3.05, 3.63) is 41.7 Å². The number of nitrogens with zero attached hydrogens (tertiary/aromatic N) is 5. The van der Waals surface area contributed by atoms with Gasteiger partial charge in [-0.25, -0.2) is 0 Å². The Morgan fingerprint density at radius 1 is 1.16 bits per heavy atom. The number of aryl methyl sites for hydroxylation is 2. The van der Waals surface area contributed by atoms with E-state index in [-0.39, 0.29) is 24.0 Å². The molecule has 1 N–H and O–H groups in total. The number of halogens is 1. The monoisotopic (exact) mass is 556 g/mol. The maximum Gasteiger partial charge on any atom is 0.194 e. The molecule has 32 heavy (non-hydrogen) atoms. The quantitative estimate of drug-likeness (QED) is 0.222. The Morgan fingerprint density at radius 3 is 2.56 bits per heavy atom. The lowest BCUT2D eigenvalue weighted by molar-refractivity contribution is 0.171. The number of hydrogen-bond donors (Lipinski definition) is 1. The highest BCUT2D eigenvalue weighted by atomic mass is 127. The minimum atomic E-state index is 0. The normalized spacial score (nSPS) is 14.8. The molecular formula is C23H37IN6O2. The van der Waals surface area contributed by atoms with Gasteiger partial charge in [-0.15, -0.1) is 24.0 Å². The zero-order valence-corrected chi connectivity index (χ0v) is 22.0. The lowest BCUT2D eigenvalue weighted by Gasteiger charge is -2.36. The van der Waals surface area contributed by atoms with Crippen LogP contribution >= 0.6 is 24.0 Å². The van der Waals surface area contributed by atoms with Crippen LogP contribution in [-0.4, -0.2) is 79.0 Å². The Bertz CT molecular complexity index is 849. The van der Waals surface area contributed by atoms with Crippen LogP contribution in [0, 0.1) is 0 Å². The van der Waals surface area contributed by atoms with E-state index in [1.165, 1.54) is 5.56 Å². The van der Waals surface area contributed by atoms with Crippen molar-refractivity contribution in [2.45, 2.75) is 26.3 Å². The van der Waals surface area contributed by atoms with Gasteiger partial charge in [-0.05, 0) is 43.5 Å². The standard InChI is InChI=1S/C23H36N6O2.HI/c1-5-24-23(25-10-6-7-19-16-26-27(2)17-19)29-13-11-28(12-14-29)18-20-15-21(30-3)8-9-22(20)31-4;/h8-9,15-17H,5-7,10-14,18H2,1-4H3,(H,24,25);1H. The fraction of sp³-hybridized carbons (Fsp3) is 0.565. The average molecular weight is 556 g/mol. The Balaban J connectivity index is 0.00000363. The molecule has 8 nitrogen and oxygen atoms in total. The summed E-state index contributed by atoms with van der Waals surface area (Å²) in [5, 5.41) is 7.69. The molecule has 3 rings (SSSR count). The highest BCUT2D eigenvalue weighted by Gasteiger charge is 2.20. The van der Waals surface area contributed by atoms with Gasteiger partial charge in [-0.2, -0.15) is 5.10 Å². The van der Waals surface area contributed by atoms with Gasteiger partial charge < -0.3 is 19.7 Å². The average Bonchev–Trinajstić information content (AvgIpc) is 3.21. The van der Waals surface area contributed by atoms with E-state index in [4.69, 9.17) is 14.5 Å². The summed E-state index contributed by atoms with van der Waals surface area (Å²) in [6, 6.07) is 5.98. The molecule has 2 aromatic rings. The highest BCUT2D eigenvalue weighted by Crippen LogP contribution is 2.25. The SMILES string of the molecule is CCNC(=NCCCc1cnn(C)c1)N1CCN(Cc2cc(OC)ccc2OC)CC1.I. The fourth-order valence-corrected chi connectivity index (χ4v) is 3.86. The predicted octanol–water partition coefficient (Wildman–Crippen LogP) is 2.77. The molecule has 1 aliphatic rings. The van der Waals surface area contributed by atoms with Gasteiger partial charge >= 0.3 is 0 Å². The number of methoxy groups -OCH3 is 2. The number of aromatic nitrogens is 2. The van der Waals surface area contributed by atoms with Crippen molar-refractivity contribution < 1.29 is 9.47 Å². The number of aliphatic imine (C=N–C) groups is 1. The smallest absolute Gasteiger partial charge is 0.194 e. The summed E-state index contributed by atoms with van der Waals surface area (Å²) >= 11 is 0. The topological polar surface area (TPSA) is 67.2 Å². The highest BCUT2D eigenvalue weighted by molar-refractivity contribution is 14.0. The van der Waals surface area contributed by atoms with E-state index in [1.807, 2.05) is 30.1 Å². The molecule has 2 heterocycles. The van der Waals surface area contributed by atoms with Crippen LogP contribution in [0.3, 0.4) is 0 Å². The van der Waals surface area contributed by atoms with Crippen molar-refractivity contribution in [1.82, 2.24) is 24.9 Å². The molecule has 9 heteroatoms. The summed E-state index contributed by atoms with van der Waals surface area (Å²) in [5.74, 6) is 2.79. The second-order valence-electron chi connectivity index (χ2n) is 7.80. The lowest BCUT2D eigenvalue weighted by Crippen LogP contribution is -2.52. The Hall–Kier alpha value is -2.01. The maximum atomic E-state index is 5.54. The van der Waals surface area contributed by atoms with Crippen molar-refractivity contribution in [2.24, 2.45) is 12.0 Å². The second kappa shape index (κ2) is 13.5. The van der Waals surface area contributed by atoms with E-state index in [0.29, 0.717) is 0 Å². The van der Waals surface area contributed by atoms with Gasteiger partial charge in [0, 0.05) is 64.6 Å². The Morgan fingerprint density at radius 2 is 1.94 bits per heavy atom. The first-order valence-electron chi connectivity index (χ1n) is 11.1. The minimum Gasteiger partial charge on any atom is -0.497 e. The van der Waals surface area contributed by atoms with E-state index < -0.39 is 0 Å². The molecule has 0 radical (unpaired) electrons. The first kappa shape index (κ1) is 26.2. The second-order valence-corrected chi connectivity index (χ2v) is 7.80. The molecule has 0 atom stereocenters. The van der Waals surface area contributed by atoms with Crippen molar-refractivity contribution >= 4 is 29.9 Å². The third-order valence-electron chi connectivity index (χ3n) is 5.53. The summed E-state index contributed by atoms with van der Waals surface area (Å²) in [7, 11) is 5.37. The van der Waals surface area contributed by atoms with E-state index in [9.17, 15) is 0 Å². The minimum absolute atomic E-state index is 0. The fourth-order valence-electron chi connectivity index (χ4n) is 3.86. The van der Waals surface area contributed by atoms with Gasteiger partial charge in [0.25, 0.3) is 0 Å². The Labute approximate surface area is 209 Å². The molecular weight excluding hydrogens is 519 g/mol. The third kappa shape index (κ3) is 7.54. The molecule has 0 bridgehead atoms. The lowest BCUT2D eigenvalue weighted by atomic mass is 10.1. The first-order chi connectivity index (χ1) is 15.1. The molecule has 0 amide bonds. The number of hydrogen-bond acceptors (Lipinski definition) is 5. The molecule has 1 aromatic carbocycles. The van der Waals surface area contributed by atoms with Crippen LogP contribution in [0.5, 0.6) is 11.5 Å². The van der Waals surface area contributed by atoms with Crippen LogP contribution in [0.1, 0.15) is 24.5 Å². The van der Waals surface area contributed by atoms with Crippen LogP contribution in [0.2, 0.25) is 0 Å². The maximum absolute atomic E-state index is 5.54. The zero-order chi connectivity index (χ0) is 22.1. The molecule has 1 aliphatic heterocycles. The molecule has 178 valence electrons. The summed E-state index contributed by atoms with van der Waals surface area (Å²) in [6.45, 7) is 8.56. The predicted molar refractivity (Wildman–Crippen MR) is 139 cm³/mol. The van der Waals surface area contributed by atoms with Crippen molar-refractivity contribution in [1.29, 1.82) is 0 Å². The summed E-state index contributed by atoms with van der Waals surface area (Å²) in [6.07, 6.45) is 6.04. The van der Waals surface area contributed by atoms with Crippen molar-refractivity contribution in [2.75, 3.05) is 53.5 Å². The number of benzene rings is 1. The number of ether oxygens (including phenoxy) is 2. The van der Waals surface area contributed by atoms with E-state index >= 15 is 0 Å². The van der Waals surface area contributed by atoms with Crippen molar-refractivity contribution in [3.63, 3.8) is 0 Å². The number of piperazine rings is 1. The summed E-state index contributed by atoms with van der Waals surface area (Å²) in [5.41, 5.74) is 2.43. The molecule has 1 saturated heterocycles. The summed E-state index contributed by atoms with van der Waals surface area (Å²) < 4.78 is 12.8. The van der Waals surface area contributed by atoms with Crippen LogP contribution in [0.25, 0.3) is 0 Å². The zero-order valence-electron chi connectivity index (χ0n) is 19.7. The van der Waals surface area contributed by atoms with E-state index in [2.05, 4.69) is 39.4 Å². The van der Waals surface area contributed by atoms with Gasteiger partial charge in [0.1, 0.15) is 11.5 Å². The molecule has 0 saturated carbocycles. The molecule has 0 spiro atoms. The van der Waals surface area contributed by atoms with Gasteiger partial charge in [0.2, 0.25) is 0 Å².